The van der Waals surface area contributed by atoms with Crippen molar-refractivity contribution in [2.45, 2.75) is 46.0 Å². The highest BCUT2D eigenvalue weighted by atomic mass is 16.5. The fourth-order valence-electron chi connectivity index (χ4n) is 3.10. The lowest BCUT2D eigenvalue weighted by molar-refractivity contribution is 0.340. The van der Waals surface area contributed by atoms with Crippen molar-refractivity contribution >= 4 is 6.08 Å². The molecule has 21 heavy (non-hydrogen) atoms. The van der Waals surface area contributed by atoms with Gasteiger partial charge in [0.1, 0.15) is 5.75 Å². The quantitative estimate of drug-likeness (QED) is 0.787. The van der Waals surface area contributed by atoms with E-state index in [1.807, 2.05) is 6.92 Å². The summed E-state index contributed by atoms with van der Waals surface area (Å²) in [6.45, 7) is 6.98. The Kier molecular flexibility index (Phi) is 6.81. The number of nitrogens with one attached hydrogen (secondary N) is 1. The van der Waals surface area contributed by atoms with Gasteiger partial charge in [0.05, 0.1) is 6.61 Å². The predicted octanol–water partition coefficient (Wildman–Crippen LogP) is 4.66. The zero-order valence-electron chi connectivity index (χ0n) is 13.5. The van der Waals surface area contributed by atoms with Gasteiger partial charge < -0.3 is 10.1 Å². The van der Waals surface area contributed by atoms with Crippen LogP contribution in [0.3, 0.4) is 0 Å². The van der Waals surface area contributed by atoms with Gasteiger partial charge in [-0.15, -0.1) is 0 Å². The highest BCUT2D eigenvalue weighted by Gasteiger charge is 2.17. The third-order valence-electron chi connectivity index (χ3n) is 4.25. The van der Waals surface area contributed by atoms with Crippen LogP contribution in [-0.4, -0.2) is 19.7 Å². The number of hydrogen-bond acceptors (Lipinski definition) is 2. The topological polar surface area (TPSA) is 21.3 Å². The van der Waals surface area contributed by atoms with E-state index in [-0.39, 0.29) is 0 Å². The van der Waals surface area contributed by atoms with Gasteiger partial charge in [-0.3, -0.25) is 0 Å². The molecular formula is C19H29NO. The number of benzene rings is 1. The van der Waals surface area contributed by atoms with Gasteiger partial charge in [0.2, 0.25) is 0 Å². The van der Waals surface area contributed by atoms with Crippen LogP contribution in [0, 0.1) is 5.92 Å². The molecule has 2 rings (SSSR count). The fourth-order valence-corrected chi connectivity index (χ4v) is 3.10. The van der Waals surface area contributed by atoms with Crippen LogP contribution in [0.2, 0.25) is 0 Å². The Bertz CT molecular complexity index is 429. The number of hydrogen-bond donors (Lipinski definition) is 1. The first-order valence-corrected chi connectivity index (χ1v) is 8.47. The molecule has 1 aromatic carbocycles. The monoisotopic (exact) mass is 287 g/mol. The zero-order chi connectivity index (χ0) is 14.9. The maximum Gasteiger partial charge on any atom is 0.119 e. The van der Waals surface area contributed by atoms with Crippen molar-refractivity contribution in [1.82, 2.24) is 5.32 Å². The van der Waals surface area contributed by atoms with Crippen LogP contribution in [0.25, 0.3) is 6.08 Å². The zero-order valence-corrected chi connectivity index (χ0v) is 13.5. The highest BCUT2D eigenvalue weighted by molar-refractivity contribution is 5.55. The minimum Gasteiger partial charge on any atom is -0.494 e. The van der Waals surface area contributed by atoms with Crippen LogP contribution in [0.1, 0.15) is 51.5 Å². The Hall–Kier alpha value is -1.28. The van der Waals surface area contributed by atoms with Crippen molar-refractivity contribution in [1.29, 1.82) is 0 Å². The molecule has 0 amide bonds. The summed E-state index contributed by atoms with van der Waals surface area (Å²) in [6, 6.07) is 8.47. The number of ether oxygens (including phenoxy) is 1. The van der Waals surface area contributed by atoms with E-state index in [4.69, 9.17) is 4.74 Å². The van der Waals surface area contributed by atoms with Gasteiger partial charge in [0.15, 0.2) is 0 Å². The van der Waals surface area contributed by atoms with Crippen LogP contribution in [0.15, 0.2) is 29.8 Å². The Morgan fingerprint density at radius 2 is 1.86 bits per heavy atom. The second kappa shape index (κ2) is 8.89. The van der Waals surface area contributed by atoms with Gasteiger partial charge in [0, 0.05) is 6.54 Å². The number of rotatable bonds is 7. The third-order valence-corrected chi connectivity index (χ3v) is 4.25. The van der Waals surface area contributed by atoms with Gasteiger partial charge in [-0.2, -0.15) is 0 Å². The molecule has 0 saturated heterocycles. The van der Waals surface area contributed by atoms with Crippen molar-refractivity contribution in [2.75, 3.05) is 19.7 Å². The Labute approximate surface area is 129 Å². The van der Waals surface area contributed by atoms with Crippen LogP contribution in [0.4, 0.5) is 0 Å². The lowest BCUT2D eigenvalue weighted by Gasteiger charge is -2.25. The van der Waals surface area contributed by atoms with Crippen molar-refractivity contribution < 1.29 is 4.74 Å². The summed E-state index contributed by atoms with van der Waals surface area (Å²) in [5.41, 5.74) is 2.86. The normalized spacial score (nSPS) is 17.0. The van der Waals surface area contributed by atoms with Crippen LogP contribution < -0.4 is 10.1 Å². The van der Waals surface area contributed by atoms with Crippen molar-refractivity contribution in [3.05, 3.63) is 35.4 Å². The summed E-state index contributed by atoms with van der Waals surface area (Å²) in [6.07, 6.45) is 9.28. The Balaban J connectivity index is 2.09. The predicted molar refractivity (Wildman–Crippen MR) is 90.7 cm³/mol. The molecule has 1 aliphatic carbocycles. The molecule has 1 fully saturated rings. The van der Waals surface area contributed by atoms with E-state index in [2.05, 4.69) is 42.6 Å². The first-order valence-electron chi connectivity index (χ1n) is 8.47. The Morgan fingerprint density at radius 1 is 1.14 bits per heavy atom. The maximum atomic E-state index is 5.51. The van der Waals surface area contributed by atoms with E-state index in [1.165, 1.54) is 37.7 Å². The average molecular weight is 287 g/mol. The van der Waals surface area contributed by atoms with Crippen molar-refractivity contribution in [3.63, 3.8) is 0 Å². The van der Waals surface area contributed by atoms with Gasteiger partial charge in [-0.05, 0) is 49.9 Å². The molecule has 0 radical (unpaired) electrons. The van der Waals surface area contributed by atoms with E-state index in [1.54, 1.807) is 5.57 Å². The minimum absolute atomic E-state index is 0.725. The molecule has 2 nitrogen and oxygen atoms in total. The molecule has 0 bridgehead atoms. The van der Waals surface area contributed by atoms with Crippen LogP contribution in [0.5, 0.6) is 5.75 Å². The molecule has 0 heterocycles. The lowest BCUT2D eigenvalue weighted by atomic mass is 9.83. The molecule has 0 aliphatic heterocycles. The van der Waals surface area contributed by atoms with Gasteiger partial charge >= 0.3 is 0 Å². The summed E-state index contributed by atoms with van der Waals surface area (Å²) in [4.78, 5) is 0. The smallest absolute Gasteiger partial charge is 0.119 e. The van der Waals surface area contributed by atoms with E-state index >= 15 is 0 Å². The summed E-state index contributed by atoms with van der Waals surface area (Å²) >= 11 is 0. The van der Waals surface area contributed by atoms with Crippen LogP contribution in [-0.2, 0) is 0 Å². The molecule has 2 heteroatoms. The molecule has 0 unspecified atom stereocenters. The second-order valence-corrected chi connectivity index (χ2v) is 5.84. The van der Waals surface area contributed by atoms with E-state index < -0.39 is 0 Å². The SMILES string of the molecule is CCNC/C(=C/c1ccc(OCC)cc1)C1CCCCC1. The standard InChI is InChI=1S/C19H29NO/c1-3-20-15-18(17-8-6-5-7-9-17)14-16-10-12-19(13-11-16)21-4-2/h10-14,17,20H,3-9,15H2,1-2H3/b18-14-. The molecule has 1 saturated carbocycles. The first kappa shape index (κ1) is 16.1. The largest absolute Gasteiger partial charge is 0.494 e. The molecule has 1 N–H and O–H groups in total. The van der Waals surface area contributed by atoms with Crippen LogP contribution >= 0.6 is 0 Å². The summed E-state index contributed by atoms with van der Waals surface area (Å²) < 4.78 is 5.51. The molecule has 1 aromatic rings. The van der Waals surface area contributed by atoms with Gasteiger partial charge in [-0.25, -0.2) is 0 Å². The molecule has 116 valence electrons. The van der Waals surface area contributed by atoms with E-state index in [9.17, 15) is 0 Å². The van der Waals surface area contributed by atoms with E-state index in [0.29, 0.717) is 0 Å². The molecular weight excluding hydrogens is 258 g/mol. The average Bonchev–Trinajstić information content (AvgIpc) is 2.54. The fraction of sp³-hybridized carbons (Fsp3) is 0.579. The van der Waals surface area contributed by atoms with Crippen molar-refractivity contribution in [3.8, 4) is 5.75 Å². The molecule has 0 atom stereocenters. The summed E-state index contributed by atoms with van der Waals surface area (Å²) in [7, 11) is 0. The lowest BCUT2D eigenvalue weighted by Crippen LogP contribution is -2.22. The molecule has 1 aliphatic rings. The first-order chi connectivity index (χ1) is 10.3. The van der Waals surface area contributed by atoms with Gasteiger partial charge in [-0.1, -0.05) is 50.0 Å². The summed E-state index contributed by atoms with van der Waals surface area (Å²) in [5.74, 6) is 1.73. The summed E-state index contributed by atoms with van der Waals surface area (Å²) in [5, 5.41) is 3.50. The number of likely N-dealkylation sites (N-methyl/N-ethyl adjacent to an activating group) is 1. The Morgan fingerprint density at radius 3 is 2.48 bits per heavy atom. The van der Waals surface area contributed by atoms with E-state index in [0.717, 1.165) is 31.4 Å². The molecule has 0 spiro atoms. The third kappa shape index (κ3) is 5.20. The van der Waals surface area contributed by atoms with Gasteiger partial charge in [0.25, 0.3) is 0 Å². The molecule has 0 aromatic heterocycles. The van der Waals surface area contributed by atoms with Crippen molar-refractivity contribution in [2.24, 2.45) is 5.92 Å². The minimum atomic E-state index is 0.725. The highest BCUT2D eigenvalue weighted by Crippen LogP contribution is 2.30. The maximum absolute atomic E-state index is 5.51. The second-order valence-electron chi connectivity index (χ2n) is 5.84.